The first-order valence-corrected chi connectivity index (χ1v) is 10.2. The third-order valence-electron chi connectivity index (χ3n) is 5.22. The summed E-state index contributed by atoms with van der Waals surface area (Å²) in [6.45, 7) is 0. The lowest BCUT2D eigenvalue weighted by Gasteiger charge is -2.04. The molecule has 0 atom stereocenters. The number of anilines is 1. The largest absolute Gasteiger partial charge is 0.436 e. The Morgan fingerprint density at radius 1 is 0.818 bits per heavy atom. The molecular formula is C26H17N3O4. The number of hydrogen-bond acceptors (Lipinski definition) is 5. The van der Waals surface area contributed by atoms with Crippen molar-refractivity contribution in [2.45, 2.75) is 0 Å². The van der Waals surface area contributed by atoms with Crippen LogP contribution in [0.4, 0.5) is 11.4 Å². The second kappa shape index (κ2) is 8.39. The number of amides is 1. The van der Waals surface area contributed by atoms with Gasteiger partial charge >= 0.3 is 0 Å². The van der Waals surface area contributed by atoms with Gasteiger partial charge in [0.2, 0.25) is 5.89 Å². The van der Waals surface area contributed by atoms with Crippen molar-refractivity contribution in [3.8, 4) is 22.6 Å². The molecule has 7 heteroatoms. The second-order valence-corrected chi connectivity index (χ2v) is 7.40. The van der Waals surface area contributed by atoms with Crippen molar-refractivity contribution in [3.05, 3.63) is 113 Å². The SMILES string of the molecule is O=C(Nc1ccc2oc(-c3ccc(-c4ccccc4)cc3)nc2c1)c1ccc([N+](=O)[O-])cc1. The summed E-state index contributed by atoms with van der Waals surface area (Å²) in [5.41, 5.74) is 5.10. The third-order valence-corrected chi connectivity index (χ3v) is 5.22. The Morgan fingerprint density at radius 3 is 2.18 bits per heavy atom. The van der Waals surface area contributed by atoms with Crippen LogP contribution >= 0.6 is 0 Å². The Kier molecular flexibility index (Phi) is 5.12. The van der Waals surface area contributed by atoms with Crippen LogP contribution < -0.4 is 5.32 Å². The summed E-state index contributed by atoms with van der Waals surface area (Å²) in [7, 11) is 0. The third kappa shape index (κ3) is 4.20. The molecule has 1 amide bonds. The summed E-state index contributed by atoms with van der Waals surface area (Å²) in [4.78, 5) is 27.3. The standard InChI is InChI=1S/C26H17N3O4/c30-25(19-10-13-22(14-11-19)29(31)32)27-21-12-15-24-23(16-21)28-26(33-24)20-8-6-18(7-9-20)17-4-2-1-3-5-17/h1-16H,(H,27,30). The second-order valence-electron chi connectivity index (χ2n) is 7.40. The fourth-order valence-corrected chi connectivity index (χ4v) is 3.50. The molecule has 0 aliphatic heterocycles. The molecular weight excluding hydrogens is 418 g/mol. The lowest BCUT2D eigenvalue weighted by Crippen LogP contribution is -2.11. The summed E-state index contributed by atoms with van der Waals surface area (Å²) in [5, 5.41) is 13.6. The Hall–Kier alpha value is -4.78. The molecule has 33 heavy (non-hydrogen) atoms. The molecule has 0 saturated carbocycles. The summed E-state index contributed by atoms with van der Waals surface area (Å²) < 4.78 is 5.89. The van der Waals surface area contributed by atoms with E-state index >= 15 is 0 Å². The smallest absolute Gasteiger partial charge is 0.269 e. The monoisotopic (exact) mass is 435 g/mol. The molecule has 0 fully saturated rings. The molecule has 0 saturated heterocycles. The molecule has 0 aliphatic carbocycles. The van der Waals surface area contributed by atoms with E-state index in [1.807, 2.05) is 42.5 Å². The van der Waals surface area contributed by atoms with E-state index in [9.17, 15) is 14.9 Å². The van der Waals surface area contributed by atoms with Crippen molar-refractivity contribution >= 4 is 28.4 Å². The van der Waals surface area contributed by atoms with E-state index in [1.54, 1.807) is 18.2 Å². The molecule has 1 aromatic heterocycles. The molecule has 0 radical (unpaired) electrons. The van der Waals surface area contributed by atoms with Gasteiger partial charge in [0.1, 0.15) is 5.52 Å². The van der Waals surface area contributed by atoms with Gasteiger partial charge in [-0.3, -0.25) is 14.9 Å². The van der Waals surface area contributed by atoms with Gasteiger partial charge < -0.3 is 9.73 Å². The number of carbonyl (C=O) groups is 1. The highest BCUT2D eigenvalue weighted by Gasteiger charge is 2.12. The first-order chi connectivity index (χ1) is 16.1. The number of nitrogens with zero attached hydrogens (tertiary/aromatic N) is 2. The molecule has 1 heterocycles. The van der Waals surface area contributed by atoms with Gasteiger partial charge in [0, 0.05) is 28.9 Å². The Bertz CT molecular complexity index is 1460. The van der Waals surface area contributed by atoms with Gasteiger partial charge in [0.25, 0.3) is 11.6 Å². The summed E-state index contributed by atoms with van der Waals surface area (Å²) >= 11 is 0. The number of nitro groups is 1. The molecule has 5 rings (SSSR count). The fraction of sp³-hybridized carbons (Fsp3) is 0. The van der Waals surface area contributed by atoms with Crippen LogP contribution in [0.2, 0.25) is 0 Å². The molecule has 5 aromatic rings. The summed E-state index contributed by atoms with van der Waals surface area (Å²) in [6, 6.07) is 28.7. The number of carbonyl (C=O) groups excluding carboxylic acids is 1. The predicted octanol–water partition coefficient (Wildman–Crippen LogP) is 6.32. The van der Waals surface area contributed by atoms with E-state index < -0.39 is 4.92 Å². The molecule has 0 spiro atoms. The van der Waals surface area contributed by atoms with Crippen molar-refractivity contribution in [2.75, 3.05) is 5.32 Å². The van der Waals surface area contributed by atoms with Gasteiger partial charge in [-0.1, -0.05) is 42.5 Å². The molecule has 7 nitrogen and oxygen atoms in total. The minimum atomic E-state index is -0.507. The lowest BCUT2D eigenvalue weighted by molar-refractivity contribution is -0.384. The van der Waals surface area contributed by atoms with Gasteiger partial charge in [-0.2, -0.15) is 0 Å². The maximum absolute atomic E-state index is 12.5. The number of benzene rings is 4. The maximum atomic E-state index is 12.5. The van der Waals surface area contributed by atoms with Crippen LogP contribution in [0, 0.1) is 10.1 Å². The first-order valence-electron chi connectivity index (χ1n) is 10.2. The van der Waals surface area contributed by atoms with Gasteiger partial charge in [0.05, 0.1) is 4.92 Å². The number of rotatable bonds is 5. The lowest BCUT2D eigenvalue weighted by atomic mass is 10.0. The Morgan fingerprint density at radius 2 is 1.48 bits per heavy atom. The van der Waals surface area contributed by atoms with Crippen molar-refractivity contribution in [2.24, 2.45) is 0 Å². The van der Waals surface area contributed by atoms with Crippen molar-refractivity contribution in [3.63, 3.8) is 0 Å². The normalized spacial score (nSPS) is 10.8. The number of aromatic nitrogens is 1. The summed E-state index contributed by atoms with van der Waals surface area (Å²) in [5.74, 6) is 0.118. The quantitative estimate of drug-likeness (QED) is 0.257. The van der Waals surface area contributed by atoms with Crippen LogP contribution in [0.3, 0.4) is 0 Å². The van der Waals surface area contributed by atoms with E-state index in [0.29, 0.717) is 28.2 Å². The average Bonchev–Trinajstić information content (AvgIpc) is 3.28. The molecule has 0 aliphatic rings. The van der Waals surface area contributed by atoms with Crippen LogP contribution in [-0.4, -0.2) is 15.8 Å². The summed E-state index contributed by atoms with van der Waals surface area (Å²) in [6.07, 6.45) is 0. The van der Waals surface area contributed by atoms with Crippen LogP contribution in [0.1, 0.15) is 10.4 Å². The molecule has 1 N–H and O–H groups in total. The number of nitrogens with one attached hydrogen (secondary N) is 1. The molecule has 0 unspecified atom stereocenters. The molecule has 160 valence electrons. The Labute approximate surface area is 188 Å². The van der Waals surface area contributed by atoms with Gasteiger partial charge in [-0.05, 0) is 53.6 Å². The maximum Gasteiger partial charge on any atom is 0.269 e. The van der Waals surface area contributed by atoms with Crippen LogP contribution in [0.25, 0.3) is 33.7 Å². The van der Waals surface area contributed by atoms with E-state index in [2.05, 4.69) is 22.4 Å². The van der Waals surface area contributed by atoms with Gasteiger partial charge in [-0.15, -0.1) is 0 Å². The van der Waals surface area contributed by atoms with E-state index in [1.165, 1.54) is 24.3 Å². The Balaban J connectivity index is 1.35. The number of fused-ring (bicyclic) bond motifs is 1. The van der Waals surface area contributed by atoms with E-state index in [0.717, 1.165) is 16.7 Å². The topological polar surface area (TPSA) is 98.3 Å². The zero-order chi connectivity index (χ0) is 22.8. The predicted molar refractivity (Wildman–Crippen MR) is 126 cm³/mol. The molecule has 0 bridgehead atoms. The first kappa shape index (κ1) is 20.1. The highest BCUT2D eigenvalue weighted by Crippen LogP contribution is 2.28. The number of nitro benzene ring substituents is 1. The van der Waals surface area contributed by atoms with Gasteiger partial charge in [-0.25, -0.2) is 4.98 Å². The highest BCUT2D eigenvalue weighted by molar-refractivity contribution is 6.05. The van der Waals surface area contributed by atoms with Gasteiger partial charge in [0.15, 0.2) is 5.58 Å². The van der Waals surface area contributed by atoms with Crippen molar-refractivity contribution in [1.29, 1.82) is 0 Å². The van der Waals surface area contributed by atoms with E-state index in [-0.39, 0.29) is 11.6 Å². The average molecular weight is 435 g/mol. The molecule has 4 aromatic carbocycles. The fourth-order valence-electron chi connectivity index (χ4n) is 3.50. The minimum Gasteiger partial charge on any atom is -0.436 e. The minimum absolute atomic E-state index is 0.0695. The zero-order valence-electron chi connectivity index (χ0n) is 17.3. The van der Waals surface area contributed by atoms with Crippen LogP contribution in [-0.2, 0) is 0 Å². The van der Waals surface area contributed by atoms with Crippen molar-refractivity contribution < 1.29 is 14.1 Å². The number of hydrogen-bond donors (Lipinski definition) is 1. The van der Waals surface area contributed by atoms with Crippen LogP contribution in [0.15, 0.2) is 101 Å². The number of oxazole rings is 1. The zero-order valence-corrected chi connectivity index (χ0v) is 17.3. The highest BCUT2D eigenvalue weighted by atomic mass is 16.6. The van der Waals surface area contributed by atoms with E-state index in [4.69, 9.17) is 4.42 Å². The van der Waals surface area contributed by atoms with Crippen LogP contribution in [0.5, 0.6) is 0 Å². The number of non-ortho nitro benzene ring substituents is 1. The van der Waals surface area contributed by atoms with Crippen molar-refractivity contribution in [1.82, 2.24) is 4.98 Å².